The molecule has 2 aliphatic rings. The number of hydrogen-bond donors (Lipinski definition) is 0. The third-order valence-corrected chi connectivity index (χ3v) is 6.52. The van der Waals surface area contributed by atoms with Crippen LogP contribution in [0, 0.1) is 6.92 Å². The lowest BCUT2D eigenvalue weighted by molar-refractivity contribution is 0.124. The van der Waals surface area contributed by atoms with Crippen LogP contribution in [0.15, 0.2) is 59.0 Å². The Morgan fingerprint density at radius 2 is 1.74 bits per heavy atom. The first kappa shape index (κ1) is 16.7. The van der Waals surface area contributed by atoms with E-state index in [4.69, 9.17) is 4.42 Å². The molecule has 0 saturated carbocycles. The summed E-state index contributed by atoms with van der Waals surface area (Å²) in [4.78, 5) is 2.54. The number of fused-ring (bicyclic) bond motifs is 2. The first-order valence-electron chi connectivity index (χ1n) is 9.88. The molecule has 4 heteroatoms. The van der Waals surface area contributed by atoms with E-state index in [9.17, 15) is 0 Å². The summed E-state index contributed by atoms with van der Waals surface area (Å²) >= 11 is 0. The lowest BCUT2D eigenvalue weighted by atomic mass is 9.76. The minimum atomic E-state index is 0.251. The summed E-state index contributed by atoms with van der Waals surface area (Å²) in [5.41, 5.74) is 3.68. The molecule has 138 valence electrons. The Kier molecular flexibility index (Phi) is 4.09. The highest BCUT2D eigenvalue weighted by atomic mass is 16.4. The molecule has 2 fully saturated rings. The zero-order valence-electron chi connectivity index (χ0n) is 15.9. The molecular formula is C23H25N3O. The first-order valence-corrected chi connectivity index (χ1v) is 9.88. The Balaban J connectivity index is 1.54. The number of aromatic nitrogens is 2. The molecule has 27 heavy (non-hydrogen) atoms. The second kappa shape index (κ2) is 6.61. The van der Waals surface area contributed by atoms with Crippen molar-refractivity contribution in [3.05, 3.63) is 71.6 Å². The van der Waals surface area contributed by atoms with E-state index in [1.54, 1.807) is 0 Å². The monoisotopic (exact) mass is 359 g/mol. The van der Waals surface area contributed by atoms with E-state index in [0.717, 1.165) is 17.9 Å². The van der Waals surface area contributed by atoms with E-state index in [2.05, 4.69) is 53.3 Å². The zero-order chi connectivity index (χ0) is 18.4. The van der Waals surface area contributed by atoms with Crippen molar-refractivity contribution in [2.24, 2.45) is 0 Å². The van der Waals surface area contributed by atoms with Crippen LogP contribution in [-0.4, -0.2) is 34.2 Å². The first-order chi connectivity index (χ1) is 13.2. The van der Waals surface area contributed by atoms with Crippen LogP contribution in [0.3, 0.4) is 0 Å². The average Bonchev–Trinajstić information content (AvgIpc) is 3.26. The Morgan fingerprint density at radius 3 is 2.52 bits per heavy atom. The molecule has 2 saturated heterocycles. The summed E-state index contributed by atoms with van der Waals surface area (Å²) in [5.74, 6) is 2.09. The summed E-state index contributed by atoms with van der Waals surface area (Å²) in [5, 5.41) is 8.89. The van der Waals surface area contributed by atoms with Gasteiger partial charge in [-0.05, 0) is 56.8 Å². The Morgan fingerprint density at radius 1 is 0.963 bits per heavy atom. The number of nitrogens with zero attached hydrogens (tertiary/aromatic N) is 3. The minimum absolute atomic E-state index is 0.251. The average molecular weight is 359 g/mol. The molecule has 3 aromatic rings. The van der Waals surface area contributed by atoms with Gasteiger partial charge in [0.05, 0.1) is 5.92 Å². The van der Waals surface area contributed by atoms with Crippen molar-refractivity contribution in [1.29, 1.82) is 0 Å². The highest BCUT2D eigenvalue weighted by molar-refractivity contribution is 5.51. The third kappa shape index (κ3) is 2.88. The predicted octanol–water partition coefficient (Wildman–Crippen LogP) is 4.78. The summed E-state index contributed by atoms with van der Waals surface area (Å²) in [6, 6.07) is 20.2. The van der Waals surface area contributed by atoms with Crippen molar-refractivity contribution in [1.82, 2.24) is 15.1 Å². The Hall–Kier alpha value is -2.46. The normalized spacial score (nSPS) is 27.8. The van der Waals surface area contributed by atoms with E-state index in [1.807, 2.05) is 30.3 Å². The molecule has 3 heterocycles. The molecule has 5 rings (SSSR count). The number of rotatable bonds is 3. The van der Waals surface area contributed by atoms with Gasteiger partial charge in [-0.15, -0.1) is 10.2 Å². The highest BCUT2D eigenvalue weighted by Gasteiger charge is 2.48. The van der Waals surface area contributed by atoms with Crippen molar-refractivity contribution >= 4 is 0 Å². The fourth-order valence-electron chi connectivity index (χ4n) is 5.03. The number of hydrogen-bond acceptors (Lipinski definition) is 4. The van der Waals surface area contributed by atoms with Gasteiger partial charge in [0.15, 0.2) is 0 Å². The third-order valence-electron chi connectivity index (χ3n) is 6.52. The van der Waals surface area contributed by atoms with E-state index < -0.39 is 0 Å². The van der Waals surface area contributed by atoms with Crippen LogP contribution < -0.4 is 0 Å². The Bertz CT molecular complexity index is 918. The molecule has 0 amide bonds. The summed E-state index contributed by atoms with van der Waals surface area (Å²) in [6.45, 7) is 2.14. The summed E-state index contributed by atoms with van der Waals surface area (Å²) in [6.07, 6.45) is 3.63. The van der Waals surface area contributed by atoms with Crippen molar-refractivity contribution in [2.75, 3.05) is 7.05 Å². The van der Waals surface area contributed by atoms with E-state index >= 15 is 0 Å². The van der Waals surface area contributed by atoms with Crippen LogP contribution in [0.5, 0.6) is 0 Å². The second-order valence-electron chi connectivity index (χ2n) is 8.05. The van der Waals surface area contributed by atoms with Crippen molar-refractivity contribution in [3.8, 4) is 11.5 Å². The van der Waals surface area contributed by atoms with Gasteiger partial charge in [0, 0.05) is 17.6 Å². The molecule has 0 aliphatic carbocycles. The van der Waals surface area contributed by atoms with Crippen molar-refractivity contribution in [3.63, 3.8) is 0 Å². The van der Waals surface area contributed by atoms with Gasteiger partial charge >= 0.3 is 0 Å². The topological polar surface area (TPSA) is 42.2 Å². The van der Waals surface area contributed by atoms with E-state index in [-0.39, 0.29) is 5.92 Å². The van der Waals surface area contributed by atoms with Crippen LogP contribution in [0.2, 0.25) is 0 Å². The van der Waals surface area contributed by atoms with Gasteiger partial charge in [-0.1, -0.05) is 48.0 Å². The quantitative estimate of drug-likeness (QED) is 0.675. The fourth-order valence-corrected chi connectivity index (χ4v) is 5.03. The van der Waals surface area contributed by atoms with Gasteiger partial charge in [0.25, 0.3) is 0 Å². The van der Waals surface area contributed by atoms with Gasteiger partial charge in [-0.25, -0.2) is 0 Å². The fraction of sp³-hybridized carbons (Fsp3) is 0.391. The molecular weight excluding hydrogens is 334 g/mol. The van der Waals surface area contributed by atoms with Crippen LogP contribution in [0.25, 0.3) is 11.5 Å². The van der Waals surface area contributed by atoms with Gasteiger partial charge < -0.3 is 4.42 Å². The standard InChI is InChI=1S/C23H25N3O/c1-15-8-10-16(11-9-15)19-14-18-12-13-20(26(18)2)21(19)23-25-24-22(27-23)17-6-4-3-5-7-17/h3-11,18-21H,12-14H2,1-2H3/t18-,19+,20+,21-/m0/s1. The molecule has 4 nitrogen and oxygen atoms in total. The maximum Gasteiger partial charge on any atom is 0.247 e. The van der Waals surface area contributed by atoms with E-state index in [1.165, 1.54) is 24.0 Å². The molecule has 0 unspecified atom stereocenters. The van der Waals surface area contributed by atoms with Crippen molar-refractivity contribution in [2.45, 2.75) is 50.1 Å². The summed E-state index contributed by atoms with van der Waals surface area (Å²) < 4.78 is 6.23. The molecule has 4 atom stereocenters. The van der Waals surface area contributed by atoms with Crippen molar-refractivity contribution < 1.29 is 4.42 Å². The second-order valence-corrected chi connectivity index (χ2v) is 8.05. The number of aryl methyl sites for hydroxylation is 1. The highest BCUT2D eigenvalue weighted by Crippen LogP contribution is 2.50. The zero-order valence-corrected chi connectivity index (χ0v) is 15.9. The van der Waals surface area contributed by atoms with Gasteiger partial charge in [0.1, 0.15) is 0 Å². The number of benzene rings is 2. The minimum Gasteiger partial charge on any atom is -0.420 e. The van der Waals surface area contributed by atoms with Crippen LogP contribution in [0.4, 0.5) is 0 Å². The lowest BCUT2D eigenvalue weighted by Crippen LogP contribution is -2.44. The largest absolute Gasteiger partial charge is 0.420 e. The number of piperidine rings is 1. The van der Waals surface area contributed by atoms with Crippen LogP contribution in [-0.2, 0) is 0 Å². The van der Waals surface area contributed by atoms with Crippen LogP contribution >= 0.6 is 0 Å². The molecule has 2 aliphatic heterocycles. The maximum absolute atomic E-state index is 6.23. The van der Waals surface area contributed by atoms with E-state index in [0.29, 0.717) is 23.9 Å². The van der Waals surface area contributed by atoms with Gasteiger partial charge in [-0.3, -0.25) is 4.90 Å². The molecule has 2 aromatic carbocycles. The maximum atomic E-state index is 6.23. The van der Waals surface area contributed by atoms with Gasteiger partial charge in [-0.2, -0.15) is 0 Å². The molecule has 2 bridgehead atoms. The van der Waals surface area contributed by atoms with Crippen LogP contribution in [0.1, 0.15) is 48.1 Å². The number of likely N-dealkylation sites (N-methyl/N-ethyl adjacent to an activating group) is 1. The lowest BCUT2D eigenvalue weighted by Gasteiger charge is -2.41. The predicted molar refractivity (Wildman–Crippen MR) is 106 cm³/mol. The SMILES string of the molecule is Cc1ccc([C@H]2C[C@@H]3CC[C@H]([C@H]2c2nnc(-c4ccccc4)o2)N3C)cc1. The smallest absolute Gasteiger partial charge is 0.247 e. The molecule has 1 aromatic heterocycles. The summed E-state index contributed by atoms with van der Waals surface area (Å²) in [7, 11) is 2.26. The Labute approximate surface area is 160 Å². The molecule has 0 spiro atoms. The molecule has 0 radical (unpaired) electrons. The van der Waals surface area contributed by atoms with Gasteiger partial charge in [0.2, 0.25) is 11.8 Å². The molecule has 0 N–H and O–H groups in total.